The van der Waals surface area contributed by atoms with Crippen LogP contribution in [-0.4, -0.2) is 44.1 Å². The lowest BCUT2D eigenvalue weighted by atomic mass is 10.1. The topological polar surface area (TPSA) is 70.7 Å². The van der Waals surface area contributed by atoms with Crippen LogP contribution in [0, 0.1) is 0 Å². The number of nitrogens with one attached hydrogen (secondary N) is 2. The Hall–Kier alpha value is -2.86. The molecule has 1 unspecified atom stereocenters. The molecule has 0 aliphatic rings. The molecule has 1 atom stereocenters. The fraction of sp³-hybridized carbons (Fsp3) is 0.364. The van der Waals surface area contributed by atoms with E-state index in [-0.39, 0.29) is 18.6 Å². The first-order chi connectivity index (χ1) is 13.6. The summed E-state index contributed by atoms with van der Waals surface area (Å²) in [6.45, 7) is 1.18. The molecule has 2 rings (SSSR count). The van der Waals surface area contributed by atoms with E-state index in [4.69, 9.17) is 4.74 Å². The van der Waals surface area contributed by atoms with Crippen molar-refractivity contribution in [3.63, 3.8) is 0 Å². The van der Waals surface area contributed by atoms with Crippen molar-refractivity contribution in [3.8, 4) is 0 Å². The van der Waals surface area contributed by atoms with Gasteiger partial charge in [-0.05, 0) is 31.6 Å². The largest absolute Gasteiger partial charge is 0.445 e. The van der Waals surface area contributed by atoms with Crippen molar-refractivity contribution < 1.29 is 14.3 Å². The van der Waals surface area contributed by atoms with E-state index < -0.39 is 6.09 Å². The number of nitrogens with zero attached hydrogens (tertiary/aromatic N) is 1. The van der Waals surface area contributed by atoms with Crippen molar-refractivity contribution in [2.24, 2.45) is 0 Å². The Morgan fingerprint density at radius 3 is 2.25 bits per heavy atom. The molecule has 0 spiro atoms. The second kappa shape index (κ2) is 11.8. The summed E-state index contributed by atoms with van der Waals surface area (Å²) in [5.41, 5.74) is 2.10. The average molecular weight is 383 g/mol. The van der Waals surface area contributed by atoms with Gasteiger partial charge in [0.1, 0.15) is 6.61 Å². The van der Waals surface area contributed by atoms with Crippen LogP contribution in [-0.2, 0) is 16.1 Å². The normalized spacial score (nSPS) is 11.7. The molecule has 0 aliphatic carbocycles. The lowest BCUT2D eigenvalue weighted by Crippen LogP contribution is -2.35. The molecule has 0 fully saturated rings. The van der Waals surface area contributed by atoms with Gasteiger partial charge in [0, 0.05) is 19.5 Å². The van der Waals surface area contributed by atoms with Gasteiger partial charge in [0.25, 0.3) is 0 Å². The zero-order valence-corrected chi connectivity index (χ0v) is 16.6. The molecule has 0 saturated carbocycles. The number of rotatable bonds is 10. The molecule has 2 aromatic rings. The van der Waals surface area contributed by atoms with Crippen LogP contribution in [0.25, 0.3) is 0 Å². The minimum absolute atomic E-state index is 0.0257. The highest BCUT2D eigenvalue weighted by molar-refractivity contribution is 5.76. The Kier molecular flexibility index (Phi) is 9.01. The zero-order valence-electron chi connectivity index (χ0n) is 16.6. The van der Waals surface area contributed by atoms with Gasteiger partial charge in [-0.15, -0.1) is 0 Å². The first-order valence-corrected chi connectivity index (χ1v) is 9.49. The Morgan fingerprint density at radius 2 is 1.61 bits per heavy atom. The van der Waals surface area contributed by atoms with Crippen molar-refractivity contribution >= 4 is 12.0 Å². The molecular formula is C22H29N3O3. The van der Waals surface area contributed by atoms with Gasteiger partial charge in [0.2, 0.25) is 5.91 Å². The fourth-order valence-corrected chi connectivity index (χ4v) is 2.79. The van der Waals surface area contributed by atoms with Crippen LogP contribution in [0.4, 0.5) is 4.79 Å². The molecule has 6 nitrogen and oxygen atoms in total. The molecule has 0 saturated heterocycles. The summed E-state index contributed by atoms with van der Waals surface area (Å²) in [7, 11) is 3.99. The maximum absolute atomic E-state index is 12.1. The summed E-state index contributed by atoms with van der Waals surface area (Å²) in [5, 5.41) is 5.64. The van der Waals surface area contributed by atoms with Crippen LogP contribution < -0.4 is 10.6 Å². The van der Waals surface area contributed by atoms with Gasteiger partial charge in [0.05, 0.1) is 6.04 Å². The quantitative estimate of drug-likeness (QED) is 0.619. The SMILES string of the molecule is CN(C)C(CNC(=O)CCCNC(=O)OCc1ccccc1)c1ccccc1. The number of hydrogen-bond donors (Lipinski definition) is 2. The van der Waals surface area contributed by atoms with Crippen molar-refractivity contribution in [3.05, 3.63) is 71.8 Å². The molecule has 0 heterocycles. The molecule has 6 heteroatoms. The maximum Gasteiger partial charge on any atom is 0.407 e. The number of benzene rings is 2. The summed E-state index contributed by atoms with van der Waals surface area (Å²) in [6, 6.07) is 19.7. The highest BCUT2D eigenvalue weighted by Crippen LogP contribution is 2.16. The smallest absolute Gasteiger partial charge is 0.407 e. The second-order valence-corrected chi connectivity index (χ2v) is 6.79. The Bertz CT molecular complexity index is 720. The zero-order chi connectivity index (χ0) is 20.2. The molecule has 2 N–H and O–H groups in total. The van der Waals surface area contributed by atoms with E-state index in [1.165, 1.54) is 0 Å². The van der Waals surface area contributed by atoms with Crippen LogP contribution in [0.5, 0.6) is 0 Å². The third-order valence-electron chi connectivity index (χ3n) is 4.36. The maximum atomic E-state index is 12.1. The summed E-state index contributed by atoms with van der Waals surface area (Å²) in [5.74, 6) is -0.0257. The van der Waals surface area contributed by atoms with E-state index in [0.717, 1.165) is 11.1 Å². The molecule has 0 radical (unpaired) electrons. The van der Waals surface area contributed by atoms with E-state index >= 15 is 0 Å². The van der Waals surface area contributed by atoms with E-state index in [1.807, 2.05) is 62.6 Å². The van der Waals surface area contributed by atoms with Crippen molar-refractivity contribution in [1.82, 2.24) is 15.5 Å². The van der Waals surface area contributed by atoms with Crippen LogP contribution in [0.3, 0.4) is 0 Å². The molecule has 0 aromatic heterocycles. The standard InChI is InChI=1S/C22H29N3O3/c1-25(2)20(19-12-7-4-8-13-19)16-24-21(26)14-9-15-23-22(27)28-17-18-10-5-3-6-11-18/h3-8,10-13,20H,9,14-17H2,1-2H3,(H,23,27)(H,24,26). The summed E-state index contributed by atoms with van der Waals surface area (Å²) in [6.07, 6.45) is 0.444. The monoisotopic (exact) mass is 383 g/mol. The van der Waals surface area contributed by atoms with Crippen LogP contribution in [0.2, 0.25) is 0 Å². The first-order valence-electron chi connectivity index (χ1n) is 9.49. The molecule has 0 aliphatic heterocycles. The number of hydrogen-bond acceptors (Lipinski definition) is 4. The lowest BCUT2D eigenvalue weighted by Gasteiger charge is -2.25. The summed E-state index contributed by atoms with van der Waals surface area (Å²) >= 11 is 0. The van der Waals surface area contributed by atoms with Gasteiger partial charge in [-0.3, -0.25) is 4.79 Å². The number of ether oxygens (including phenoxy) is 1. The highest BCUT2D eigenvalue weighted by Gasteiger charge is 2.14. The van der Waals surface area contributed by atoms with E-state index in [2.05, 4.69) is 27.7 Å². The first kappa shape index (κ1) is 21.4. The number of alkyl carbamates (subject to hydrolysis) is 1. The molecule has 2 aromatic carbocycles. The van der Waals surface area contributed by atoms with Gasteiger partial charge in [-0.2, -0.15) is 0 Å². The van der Waals surface area contributed by atoms with Gasteiger partial charge in [-0.25, -0.2) is 4.79 Å². The lowest BCUT2D eigenvalue weighted by molar-refractivity contribution is -0.121. The van der Waals surface area contributed by atoms with Gasteiger partial charge >= 0.3 is 6.09 Å². The van der Waals surface area contributed by atoms with Gasteiger partial charge < -0.3 is 20.3 Å². The van der Waals surface area contributed by atoms with Crippen molar-refractivity contribution in [1.29, 1.82) is 0 Å². The molecule has 150 valence electrons. The Balaban J connectivity index is 1.61. The summed E-state index contributed by atoms with van der Waals surface area (Å²) in [4.78, 5) is 25.8. The average Bonchev–Trinajstić information content (AvgIpc) is 2.71. The molecule has 0 bridgehead atoms. The minimum atomic E-state index is -0.471. The van der Waals surface area contributed by atoms with Crippen LogP contribution >= 0.6 is 0 Å². The summed E-state index contributed by atoms with van der Waals surface area (Å²) < 4.78 is 5.13. The predicted molar refractivity (Wildman–Crippen MR) is 110 cm³/mol. The third kappa shape index (κ3) is 7.80. The van der Waals surface area contributed by atoms with Crippen molar-refractivity contribution in [2.75, 3.05) is 27.2 Å². The van der Waals surface area contributed by atoms with Crippen molar-refractivity contribution in [2.45, 2.75) is 25.5 Å². The minimum Gasteiger partial charge on any atom is -0.445 e. The van der Waals surface area contributed by atoms with Gasteiger partial charge in [-0.1, -0.05) is 60.7 Å². The van der Waals surface area contributed by atoms with Crippen LogP contribution in [0.1, 0.15) is 30.0 Å². The predicted octanol–water partition coefficient (Wildman–Crippen LogP) is 3.11. The van der Waals surface area contributed by atoms with Crippen LogP contribution in [0.15, 0.2) is 60.7 Å². The highest BCUT2D eigenvalue weighted by atomic mass is 16.5. The molecular weight excluding hydrogens is 354 g/mol. The Morgan fingerprint density at radius 1 is 0.964 bits per heavy atom. The third-order valence-corrected chi connectivity index (χ3v) is 4.36. The van der Waals surface area contributed by atoms with E-state index in [9.17, 15) is 9.59 Å². The molecule has 28 heavy (non-hydrogen) atoms. The van der Waals surface area contributed by atoms with E-state index in [0.29, 0.717) is 25.9 Å². The fourth-order valence-electron chi connectivity index (χ4n) is 2.79. The van der Waals surface area contributed by atoms with E-state index in [1.54, 1.807) is 0 Å². The molecule has 2 amide bonds. The number of likely N-dealkylation sites (N-methyl/N-ethyl adjacent to an activating group) is 1. The van der Waals surface area contributed by atoms with Gasteiger partial charge in [0.15, 0.2) is 0 Å². The number of amides is 2. The number of carbonyl (C=O) groups excluding carboxylic acids is 2. The number of carbonyl (C=O) groups is 2. The second-order valence-electron chi connectivity index (χ2n) is 6.79. The Labute approximate surface area is 166 Å².